The monoisotopic (exact) mass is 218 g/mol. The van der Waals surface area contributed by atoms with Crippen LogP contribution in [0.2, 0.25) is 0 Å². The highest BCUT2D eigenvalue weighted by molar-refractivity contribution is 5.78. The van der Waals surface area contributed by atoms with Crippen LogP contribution in [-0.4, -0.2) is 42.6 Å². The first-order valence-corrected chi connectivity index (χ1v) is 4.61. The van der Waals surface area contributed by atoms with E-state index in [-0.39, 0.29) is 5.96 Å². The van der Waals surface area contributed by atoms with Gasteiger partial charge < -0.3 is 20.5 Å². The van der Waals surface area contributed by atoms with Crippen LogP contribution >= 0.6 is 0 Å². The molecule has 1 rings (SSSR count). The van der Waals surface area contributed by atoms with E-state index in [4.69, 9.17) is 9.84 Å². The van der Waals surface area contributed by atoms with Crippen molar-refractivity contribution < 1.29 is 14.9 Å². The summed E-state index contributed by atoms with van der Waals surface area (Å²) in [6.07, 6.45) is 0.928. The molecular formula is C7H14N4O4. The van der Waals surface area contributed by atoms with Gasteiger partial charge in [0.25, 0.3) is 5.96 Å². The molecule has 0 bridgehead atoms. The Bertz CT molecular complexity index is 239. The maximum Gasteiger partial charge on any atom is 0.270 e. The van der Waals surface area contributed by atoms with Crippen molar-refractivity contribution in [2.75, 3.05) is 26.5 Å². The number of rotatable bonds is 4. The van der Waals surface area contributed by atoms with Crippen molar-refractivity contribution in [3.8, 4) is 0 Å². The van der Waals surface area contributed by atoms with Gasteiger partial charge in [-0.1, -0.05) is 0 Å². The van der Waals surface area contributed by atoms with Gasteiger partial charge >= 0.3 is 0 Å². The minimum absolute atomic E-state index is 0.0330. The fraction of sp³-hybridized carbons (Fsp3) is 0.857. The summed E-state index contributed by atoms with van der Waals surface area (Å²) in [5, 5.41) is 26.0. The third-order valence-electron chi connectivity index (χ3n) is 2.01. The molecule has 0 aromatic carbocycles. The highest BCUT2D eigenvalue weighted by Crippen LogP contribution is 2.10. The van der Waals surface area contributed by atoms with Crippen LogP contribution in [0.5, 0.6) is 0 Å². The van der Waals surface area contributed by atoms with Gasteiger partial charge in [-0.25, -0.2) is 10.1 Å². The second-order valence-corrected chi connectivity index (χ2v) is 3.13. The summed E-state index contributed by atoms with van der Waals surface area (Å²) in [5.41, 5.74) is 0. The minimum atomic E-state index is -0.823. The molecule has 1 atom stereocenters. The third-order valence-corrected chi connectivity index (χ3v) is 2.01. The SMILES string of the molecule is O=[N+]([O-])N=C(NCO)NCC1CCOC1. The first-order valence-electron chi connectivity index (χ1n) is 4.61. The van der Waals surface area contributed by atoms with Crippen molar-refractivity contribution >= 4 is 5.96 Å². The molecule has 1 unspecified atom stereocenters. The van der Waals surface area contributed by atoms with Gasteiger partial charge in [-0.2, -0.15) is 0 Å². The molecule has 0 aromatic heterocycles. The summed E-state index contributed by atoms with van der Waals surface area (Å²) < 4.78 is 5.15. The van der Waals surface area contributed by atoms with E-state index in [1.165, 1.54) is 0 Å². The van der Waals surface area contributed by atoms with Crippen LogP contribution in [0.25, 0.3) is 0 Å². The van der Waals surface area contributed by atoms with Gasteiger partial charge in [-0.15, -0.1) is 0 Å². The normalized spacial score (nSPS) is 21.4. The molecule has 1 heterocycles. The van der Waals surface area contributed by atoms with Gasteiger partial charge in [0.15, 0.2) is 5.03 Å². The van der Waals surface area contributed by atoms with Crippen molar-refractivity contribution in [1.82, 2.24) is 10.6 Å². The second kappa shape index (κ2) is 6.14. The fourth-order valence-electron chi connectivity index (χ4n) is 1.28. The molecule has 0 amide bonds. The lowest BCUT2D eigenvalue weighted by Crippen LogP contribution is -2.40. The van der Waals surface area contributed by atoms with E-state index < -0.39 is 11.8 Å². The molecule has 0 aliphatic carbocycles. The van der Waals surface area contributed by atoms with Gasteiger partial charge in [0.2, 0.25) is 0 Å². The Morgan fingerprint density at radius 1 is 1.67 bits per heavy atom. The highest BCUT2D eigenvalue weighted by atomic mass is 16.7. The zero-order valence-corrected chi connectivity index (χ0v) is 8.18. The number of aliphatic hydroxyl groups is 1. The largest absolute Gasteiger partial charge is 0.381 e. The maximum absolute atomic E-state index is 10.1. The molecule has 8 heteroatoms. The Balaban J connectivity index is 2.33. The summed E-state index contributed by atoms with van der Waals surface area (Å²) in [6.45, 7) is 1.51. The van der Waals surface area contributed by atoms with Gasteiger partial charge in [0, 0.05) is 19.1 Å². The summed E-state index contributed by atoms with van der Waals surface area (Å²) in [7, 11) is 0. The van der Waals surface area contributed by atoms with E-state index in [9.17, 15) is 10.1 Å². The van der Waals surface area contributed by atoms with Crippen molar-refractivity contribution in [1.29, 1.82) is 0 Å². The lowest BCUT2D eigenvalue weighted by Gasteiger charge is -2.10. The molecule has 0 spiro atoms. The van der Waals surface area contributed by atoms with Gasteiger partial charge in [0.1, 0.15) is 11.8 Å². The third kappa shape index (κ3) is 4.56. The molecule has 1 fully saturated rings. The standard InChI is InChI=1S/C7H14N4O4/c12-5-9-7(10-11(13)14)8-3-6-1-2-15-4-6/h6,12H,1-5H2,(H2,8,9,10). The Morgan fingerprint density at radius 3 is 3.00 bits per heavy atom. The van der Waals surface area contributed by atoms with Crippen LogP contribution in [0.4, 0.5) is 0 Å². The average Bonchev–Trinajstić information content (AvgIpc) is 2.66. The first kappa shape index (κ1) is 11.7. The van der Waals surface area contributed by atoms with Crippen LogP contribution in [-0.2, 0) is 4.74 Å². The number of nitrogens with one attached hydrogen (secondary N) is 2. The topological polar surface area (TPSA) is 109 Å². The van der Waals surface area contributed by atoms with Gasteiger partial charge in [-0.05, 0) is 6.42 Å². The van der Waals surface area contributed by atoms with Crippen LogP contribution < -0.4 is 10.6 Å². The molecule has 0 aromatic rings. The lowest BCUT2D eigenvalue weighted by atomic mass is 10.1. The Labute approximate surface area is 86.4 Å². The van der Waals surface area contributed by atoms with Crippen molar-refractivity contribution in [2.24, 2.45) is 11.0 Å². The van der Waals surface area contributed by atoms with Crippen LogP contribution in [0.3, 0.4) is 0 Å². The summed E-state index contributed by atoms with van der Waals surface area (Å²) >= 11 is 0. The van der Waals surface area contributed by atoms with E-state index in [0.29, 0.717) is 19.1 Å². The summed E-state index contributed by atoms with van der Waals surface area (Å²) in [4.78, 5) is 10.1. The molecule has 1 aliphatic rings. The van der Waals surface area contributed by atoms with E-state index in [0.717, 1.165) is 13.0 Å². The number of hydrogen-bond donors (Lipinski definition) is 3. The fourth-order valence-corrected chi connectivity index (χ4v) is 1.28. The predicted molar refractivity (Wildman–Crippen MR) is 51.6 cm³/mol. The zero-order valence-electron chi connectivity index (χ0n) is 8.18. The van der Waals surface area contributed by atoms with Gasteiger partial charge in [-0.3, -0.25) is 0 Å². The minimum Gasteiger partial charge on any atom is -0.381 e. The summed E-state index contributed by atoms with van der Waals surface area (Å²) in [6, 6.07) is 0. The smallest absolute Gasteiger partial charge is 0.270 e. The van der Waals surface area contributed by atoms with Crippen LogP contribution in [0.1, 0.15) is 6.42 Å². The predicted octanol–water partition coefficient (Wildman–Crippen LogP) is -1.30. The quantitative estimate of drug-likeness (QED) is 0.178. The zero-order chi connectivity index (χ0) is 11.1. The Morgan fingerprint density at radius 2 is 2.47 bits per heavy atom. The summed E-state index contributed by atoms with van der Waals surface area (Å²) in [5.74, 6) is 0.303. The molecule has 0 saturated carbocycles. The van der Waals surface area contributed by atoms with E-state index >= 15 is 0 Å². The number of aliphatic hydroxyl groups excluding tert-OH is 1. The van der Waals surface area contributed by atoms with Crippen molar-refractivity contribution in [3.63, 3.8) is 0 Å². The van der Waals surface area contributed by atoms with Crippen molar-refractivity contribution in [3.05, 3.63) is 10.1 Å². The molecule has 1 saturated heterocycles. The van der Waals surface area contributed by atoms with E-state index in [1.807, 2.05) is 0 Å². The molecule has 3 N–H and O–H groups in total. The average molecular weight is 218 g/mol. The van der Waals surface area contributed by atoms with Crippen LogP contribution in [0.15, 0.2) is 5.10 Å². The van der Waals surface area contributed by atoms with Gasteiger partial charge in [0.05, 0.1) is 6.61 Å². The molecule has 8 nitrogen and oxygen atoms in total. The first-order chi connectivity index (χ1) is 7.22. The van der Waals surface area contributed by atoms with E-state index in [2.05, 4.69) is 15.7 Å². The highest BCUT2D eigenvalue weighted by Gasteiger charge is 2.16. The molecule has 86 valence electrons. The maximum atomic E-state index is 10.1. The Kier molecular flexibility index (Phi) is 4.78. The number of nitrogens with zero attached hydrogens (tertiary/aromatic N) is 2. The number of ether oxygens (including phenoxy) is 1. The number of hydrogen-bond acceptors (Lipinski definition) is 4. The second-order valence-electron chi connectivity index (χ2n) is 3.13. The molecule has 1 aliphatic heterocycles. The van der Waals surface area contributed by atoms with Crippen molar-refractivity contribution in [2.45, 2.75) is 6.42 Å². The van der Waals surface area contributed by atoms with Crippen LogP contribution in [0, 0.1) is 16.0 Å². The molecular weight excluding hydrogens is 204 g/mol. The molecule has 15 heavy (non-hydrogen) atoms. The number of hydrazone groups is 1. The molecule has 0 radical (unpaired) electrons. The number of nitro groups is 1. The Hall–Kier alpha value is -1.41. The lowest BCUT2D eigenvalue weighted by molar-refractivity contribution is -0.485. The number of guanidine groups is 1. The van der Waals surface area contributed by atoms with E-state index in [1.54, 1.807) is 0 Å².